The average Bonchev–Trinajstić information content (AvgIpc) is 2.64. The Morgan fingerprint density at radius 2 is 1.65 bits per heavy atom. The van der Waals surface area contributed by atoms with Gasteiger partial charge in [0.05, 0.1) is 0 Å². The summed E-state index contributed by atoms with van der Waals surface area (Å²) in [7, 11) is 0. The van der Waals surface area contributed by atoms with Crippen LogP contribution >= 0.6 is 36.6 Å². The number of nitrogens with zero attached hydrogens (tertiary/aromatic N) is 1. The second-order valence-corrected chi connectivity index (χ2v) is 7.44. The van der Waals surface area contributed by atoms with Crippen LogP contribution in [-0.2, 0) is 0 Å². The number of benzene rings is 2. The number of nitrogen functional groups attached to an aromatic ring is 1. The molecule has 26 heavy (non-hydrogen) atoms. The second-order valence-electron chi connectivity index (χ2n) is 6.21. The number of rotatable bonds is 3. The summed E-state index contributed by atoms with van der Waals surface area (Å²) in [5.41, 5.74) is 9.21. The maximum absolute atomic E-state index is 6.10. The van der Waals surface area contributed by atoms with E-state index in [-0.39, 0.29) is 24.8 Å². The van der Waals surface area contributed by atoms with Crippen LogP contribution in [0.25, 0.3) is 21.9 Å². The molecule has 1 aliphatic rings. The topological polar surface area (TPSA) is 50.9 Å². The van der Waals surface area contributed by atoms with Gasteiger partial charge >= 0.3 is 0 Å². The quantitative estimate of drug-likeness (QED) is 0.551. The minimum absolute atomic E-state index is 0. The van der Waals surface area contributed by atoms with Crippen LogP contribution in [0, 0.1) is 0 Å². The highest BCUT2D eigenvalue weighted by molar-refractivity contribution is 7.99. The van der Waals surface area contributed by atoms with Gasteiger partial charge in [-0.15, -0.1) is 24.8 Å². The SMILES string of the molecule is Cl.Cl.Nc1ccc(-c2ccc(NC3CCSCC3)nc2)c2ccccc12. The van der Waals surface area contributed by atoms with Gasteiger partial charge < -0.3 is 11.1 Å². The molecule has 4 rings (SSSR count). The second kappa shape index (κ2) is 9.36. The van der Waals surface area contributed by atoms with Gasteiger partial charge in [-0.25, -0.2) is 4.98 Å². The molecule has 6 heteroatoms. The van der Waals surface area contributed by atoms with Gasteiger partial charge in [0.15, 0.2) is 0 Å². The summed E-state index contributed by atoms with van der Waals surface area (Å²) in [6, 6.07) is 17.1. The van der Waals surface area contributed by atoms with E-state index in [2.05, 4.69) is 46.7 Å². The number of fused-ring (bicyclic) bond motifs is 1. The van der Waals surface area contributed by atoms with E-state index in [0.717, 1.165) is 22.5 Å². The molecule has 138 valence electrons. The average molecular weight is 408 g/mol. The number of nitrogens with two attached hydrogens (primary N) is 1. The maximum atomic E-state index is 6.10. The van der Waals surface area contributed by atoms with Crippen molar-refractivity contribution in [1.29, 1.82) is 0 Å². The summed E-state index contributed by atoms with van der Waals surface area (Å²) in [6.45, 7) is 0. The van der Waals surface area contributed by atoms with E-state index in [1.807, 2.05) is 30.1 Å². The lowest BCUT2D eigenvalue weighted by atomic mass is 9.98. The smallest absolute Gasteiger partial charge is 0.126 e. The van der Waals surface area contributed by atoms with Crippen LogP contribution in [0.4, 0.5) is 11.5 Å². The normalized spacial score (nSPS) is 14.3. The van der Waals surface area contributed by atoms with Crippen molar-refractivity contribution < 1.29 is 0 Å². The molecule has 0 unspecified atom stereocenters. The van der Waals surface area contributed by atoms with Gasteiger partial charge in [0.25, 0.3) is 0 Å². The van der Waals surface area contributed by atoms with Gasteiger partial charge in [-0.3, -0.25) is 0 Å². The summed E-state index contributed by atoms with van der Waals surface area (Å²) in [5, 5.41) is 5.83. The zero-order valence-corrected chi connectivity index (χ0v) is 16.8. The van der Waals surface area contributed by atoms with Crippen LogP contribution in [-0.4, -0.2) is 22.5 Å². The van der Waals surface area contributed by atoms with Crippen LogP contribution < -0.4 is 11.1 Å². The molecule has 3 nitrogen and oxygen atoms in total. The van der Waals surface area contributed by atoms with E-state index >= 15 is 0 Å². The molecule has 0 aliphatic carbocycles. The van der Waals surface area contributed by atoms with Crippen LogP contribution in [0.5, 0.6) is 0 Å². The molecule has 3 N–H and O–H groups in total. The summed E-state index contributed by atoms with van der Waals surface area (Å²) in [4.78, 5) is 4.63. The van der Waals surface area contributed by atoms with Crippen molar-refractivity contribution in [3.8, 4) is 11.1 Å². The molecular formula is C20H23Cl2N3S. The maximum Gasteiger partial charge on any atom is 0.126 e. The van der Waals surface area contributed by atoms with Crippen LogP contribution in [0.2, 0.25) is 0 Å². The fourth-order valence-corrected chi connectivity index (χ4v) is 4.37. The molecule has 0 bridgehead atoms. The van der Waals surface area contributed by atoms with Crippen LogP contribution in [0.1, 0.15) is 12.8 Å². The lowest BCUT2D eigenvalue weighted by Crippen LogP contribution is -2.24. The number of nitrogens with one attached hydrogen (secondary N) is 1. The van der Waals surface area contributed by atoms with Crippen molar-refractivity contribution >= 4 is 58.9 Å². The van der Waals surface area contributed by atoms with Crippen molar-refractivity contribution in [3.05, 3.63) is 54.7 Å². The third kappa shape index (κ3) is 4.37. The third-order valence-electron chi connectivity index (χ3n) is 4.61. The van der Waals surface area contributed by atoms with Gasteiger partial charge in [-0.1, -0.05) is 30.3 Å². The van der Waals surface area contributed by atoms with E-state index < -0.39 is 0 Å². The highest BCUT2D eigenvalue weighted by Crippen LogP contribution is 2.32. The Kier molecular flexibility index (Phi) is 7.44. The molecule has 2 heterocycles. The summed E-state index contributed by atoms with van der Waals surface area (Å²) in [5.74, 6) is 3.45. The van der Waals surface area contributed by atoms with Gasteiger partial charge in [0.2, 0.25) is 0 Å². The molecule has 0 amide bonds. The fraction of sp³-hybridized carbons (Fsp3) is 0.250. The Bertz CT molecular complexity index is 849. The molecule has 1 saturated heterocycles. The molecule has 0 spiro atoms. The molecule has 2 aromatic carbocycles. The van der Waals surface area contributed by atoms with E-state index in [1.165, 1.54) is 35.3 Å². The van der Waals surface area contributed by atoms with Gasteiger partial charge in [-0.2, -0.15) is 11.8 Å². The molecule has 1 aromatic heterocycles. The van der Waals surface area contributed by atoms with Crippen molar-refractivity contribution in [2.45, 2.75) is 18.9 Å². The van der Waals surface area contributed by atoms with Crippen molar-refractivity contribution in [2.24, 2.45) is 0 Å². The number of thioether (sulfide) groups is 1. The zero-order chi connectivity index (χ0) is 16.4. The number of hydrogen-bond donors (Lipinski definition) is 2. The van der Waals surface area contributed by atoms with Gasteiger partial charge in [0, 0.05) is 28.9 Å². The minimum Gasteiger partial charge on any atom is -0.398 e. The number of anilines is 2. The Morgan fingerprint density at radius 3 is 2.35 bits per heavy atom. The minimum atomic E-state index is 0. The first-order chi connectivity index (χ1) is 11.8. The largest absolute Gasteiger partial charge is 0.398 e. The third-order valence-corrected chi connectivity index (χ3v) is 5.65. The molecular weight excluding hydrogens is 385 g/mol. The van der Waals surface area contributed by atoms with Crippen molar-refractivity contribution in [1.82, 2.24) is 4.98 Å². The lowest BCUT2D eigenvalue weighted by molar-refractivity contribution is 0.664. The first-order valence-electron chi connectivity index (χ1n) is 8.39. The first-order valence-corrected chi connectivity index (χ1v) is 9.55. The first kappa shape index (κ1) is 20.7. The Hall–Kier alpha value is -1.62. The predicted octanol–water partition coefficient (Wildman–Crippen LogP) is 5.64. The van der Waals surface area contributed by atoms with Crippen molar-refractivity contribution in [2.75, 3.05) is 22.6 Å². The van der Waals surface area contributed by atoms with Crippen LogP contribution in [0.3, 0.4) is 0 Å². The van der Waals surface area contributed by atoms with E-state index in [9.17, 15) is 0 Å². The highest BCUT2D eigenvalue weighted by Gasteiger charge is 2.14. The number of hydrogen-bond acceptors (Lipinski definition) is 4. The molecule has 0 atom stereocenters. The molecule has 1 aliphatic heterocycles. The van der Waals surface area contributed by atoms with Crippen molar-refractivity contribution in [3.63, 3.8) is 0 Å². The van der Waals surface area contributed by atoms with Gasteiger partial charge in [0.1, 0.15) is 5.82 Å². The zero-order valence-electron chi connectivity index (χ0n) is 14.4. The van der Waals surface area contributed by atoms with E-state index in [0.29, 0.717) is 6.04 Å². The predicted molar refractivity (Wildman–Crippen MR) is 120 cm³/mol. The summed E-state index contributed by atoms with van der Waals surface area (Å²) >= 11 is 2.04. The lowest BCUT2D eigenvalue weighted by Gasteiger charge is -2.23. The van der Waals surface area contributed by atoms with Crippen LogP contribution in [0.15, 0.2) is 54.7 Å². The van der Waals surface area contributed by atoms with E-state index in [4.69, 9.17) is 5.73 Å². The molecule has 3 aromatic rings. The Balaban J connectivity index is 0.00000121. The highest BCUT2D eigenvalue weighted by atomic mass is 35.5. The summed E-state index contributed by atoms with van der Waals surface area (Å²) < 4.78 is 0. The molecule has 0 radical (unpaired) electrons. The fourth-order valence-electron chi connectivity index (χ4n) is 3.26. The summed E-state index contributed by atoms with van der Waals surface area (Å²) in [6.07, 6.45) is 4.39. The number of aromatic nitrogens is 1. The monoisotopic (exact) mass is 407 g/mol. The number of pyridine rings is 1. The molecule has 1 fully saturated rings. The van der Waals surface area contributed by atoms with E-state index in [1.54, 1.807) is 0 Å². The molecule has 0 saturated carbocycles. The Morgan fingerprint density at radius 1 is 0.923 bits per heavy atom. The number of halogens is 2. The Labute approximate surface area is 171 Å². The van der Waals surface area contributed by atoms with Gasteiger partial charge in [-0.05, 0) is 53.5 Å². The standard InChI is InChI=1S/C20H21N3S.2ClH/c21-19-7-6-16(17-3-1-2-4-18(17)19)14-5-8-20(22-13-14)23-15-9-11-24-12-10-15;;/h1-8,13,15H,9-12,21H2,(H,22,23);2*1H.